The van der Waals surface area contributed by atoms with Crippen LogP contribution in [0.3, 0.4) is 0 Å². The number of amides is 2. The van der Waals surface area contributed by atoms with Gasteiger partial charge in [0.15, 0.2) is 0 Å². The number of nitrogens with one attached hydrogen (secondary N) is 2. The lowest BCUT2D eigenvalue weighted by Gasteiger charge is -2.19. The van der Waals surface area contributed by atoms with Crippen molar-refractivity contribution in [2.24, 2.45) is 11.8 Å². The smallest absolute Gasteiger partial charge is 0.223 e. The molecular formula is C20H30N2O3. The Bertz CT molecular complexity index is 607. The maximum Gasteiger partial charge on any atom is 0.223 e. The highest BCUT2D eigenvalue weighted by atomic mass is 16.5. The van der Waals surface area contributed by atoms with Crippen LogP contribution in [-0.2, 0) is 27.5 Å². The van der Waals surface area contributed by atoms with Gasteiger partial charge in [0.05, 0.1) is 12.2 Å². The number of carbonyl (C=O) groups is 2. The Morgan fingerprint density at radius 2 is 1.88 bits per heavy atom. The van der Waals surface area contributed by atoms with E-state index in [0.717, 1.165) is 17.5 Å². The molecule has 0 unspecified atom stereocenters. The van der Waals surface area contributed by atoms with Crippen LogP contribution in [0.15, 0.2) is 24.3 Å². The largest absolute Gasteiger partial charge is 0.371 e. The van der Waals surface area contributed by atoms with Crippen LogP contribution in [0.2, 0.25) is 0 Å². The van der Waals surface area contributed by atoms with Crippen LogP contribution >= 0.6 is 0 Å². The zero-order chi connectivity index (χ0) is 18.4. The molecule has 2 rings (SSSR count). The molecule has 1 aliphatic rings. The highest BCUT2D eigenvalue weighted by molar-refractivity contribution is 5.82. The van der Waals surface area contributed by atoms with Gasteiger partial charge >= 0.3 is 0 Å². The zero-order valence-corrected chi connectivity index (χ0v) is 15.7. The molecule has 1 aliphatic carbocycles. The molecule has 1 aromatic carbocycles. The van der Waals surface area contributed by atoms with E-state index in [2.05, 4.69) is 17.6 Å². The van der Waals surface area contributed by atoms with Crippen LogP contribution in [0, 0.1) is 11.8 Å². The van der Waals surface area contributed by atoms with Gasteiger partial charge in [-0.2, -0.15) is 0 Å². The average molecular weight is 346 g/mol. The fourth-order valence-corrected chi connectivity index (χ4v) is 2.54. The molecule has 0 aliphatic heterocycles. The number of benzene rings is 1. The second kappa shape index (κ2) is 8.48. The summed E-state index contributed by atoms with van der Waals surface area (Å²) < 4.78 is 5.78. The summed E-state index contributed by atoms with van der Waals surface area (Å²) in [4.78, 5) is 23.6. The molecule has 138 valence electrons. The highest BCUT2D eigenvalue weighted by Crippen LogP contribution is 2.37. The first kappa shape index (κ1) is 19.4. The lowest BCUT2D eigenvalue weighted by Crippen LogP contribution is -2.31. The molecule has 25 heavy (non-hydrogen) atoms. The minimum Gasteiger partial charge on any atom is -0.371 e. The number of carbonyl (C=O) groups excluding carboxylic acids is 2. The van der Waals surface area contributed by atoms with Crippen LogP contribution in [0.5, 0.6) is 0 Å². The van der Waals surface area contributed by atoms with Gasteiger partial charge in [-0.1, -0.05) is 31.2 Å². The Balaban J connectivity index is 1.67. The Kier molecular flexibility index (Phi) is 6.59. The van der Waals surface area contributed by atoms with Crippen molar-refractivity contribution >= 4 is 11.8 Å². The second-order valence-electron chi connectivity index (χ2n) is 7.86. The molecule has 2 amide bonds. The summed E-state index contributed by atoms with van der Waals surface area (Å²) in [5, 5.41) is 5.72. The second-order valence-corrected chi connectivity index (χ2v) is 7.86. The molecule has 0 radical (unpaired) electrons. The van der Waals surface area contributed by atoms with Crippen molar-refractivity contribution in [2.75, 3.05) is 6.54 Å². The van der Waals surface area contributed by atoms with Crippen molar-refractivity contribution in [3.05, 3.63) is 35.4 Å². The van der Waals surface area contributed by atoms with Gasteiger partial charge < -0.3 is 15.4 Å². The third kappa shape index (κ3) is 7.26. The lowest BCUT2D eigenvalue weighted by atomic mass is 10.1. The van der Waals surface area contributed by atoms with Crippen LogP contribution in [0.4, 0.5) is 0 Å². The fourth-order valence-electron chi connectivity index (χ4n) is 2.54. The summed E-state index contributed by atoms with van der Waals surface area (Å²) in [6, 6.07) is 8.02. The molecule has 1 fully saturated rings. The maximum absolute atomic E-state index is 11.9. The van der Waals surface area contributed by atoms with Crippen molar-refractivity contribution in [2.45, 2.75) is 59.3 Å². The van der Waals surface area contributed by atoms with E-state index in [1.807, 2.05) is 45.0 Å². The van der Waals surface area contributed by atoms with E-state index in [1.165, 1.54) is 0 Å². The first-order valence-electron chi connectivity index (χ1n) is 9.01. The summed E-state index contributed by atoms with van der Waals surface area (Å²) in [5.41, 5.74) is 1.96. The number of hydrogen-bond acceptors (Lipinski definition) is 3. The maximum atomic E-state index is 11.9. The molecule has 0 bridgehead atoms. The summed E-state index contributed by atoms with van der Waals surface area (Å²) in [6.45, 7) is 9.58. The van der Waals surface area contributed by atoms with Crippen LogP contribution < -0.4 is 10.6 Å². The van der Waals surface area contributed by atoms with Gasteiger partial charge in [0.1, 0.15) is 0 Å². The summed E-state index contributed by atoms with van der Waals surface area (Å²) in [7, 11) is 0. The van der Waals surface area contributed by atoms with Crippen molar-refractivity contribution in [3.63, 3.8) is 0 Å². The normalized spacial score (nSPS) is 19.4. The highest BCUT2D eigenvalue weighted by Gasteiger charge is 2.38. The van der Waals surface area contributed by atoms with E-state index in [1.54, 1.807) is 0 Å². The van der Waals surface area contributed by atoms with Gasteiger partial charge in [-0.3, -0.25) is 9.59 Å². The van der Waals surface area contributed by atoms with Gasteiger partial charge in [0, 0.05) is 25.4 Å². The first-order chi connectivity index (χ1) is 11.7. The van der Waals surface area contributed by atoms with Crippen molar-refractivity contribution in [3.8, 4) is 0 Å². The van der Waals surface area contributed by atoms with E-state index >= 15 is 0 Å². The standard InChI is InChI=1S/C20H30N2O3/c1-14-10-17(14)19(24)21-9-8-18(23)22-12-15-6-5-7-16(11-15)13-25-20(2,3)4/h5-7,11,14,17H,8-10,12-13H2,1-4H3,(H,21,24)(H,22,23)/t14-,17+/m1/s1. The van der Waals surface area contributed by atoms with Gasteiger partial charge in [-0.25, -0.2) is 0 Å². The van der Waals surface area contributed by atoms with Gasteiger partial charge in [0.2, 0.25) is 11.8 Å². The molecule has 0 saturated heterocycles. The number of ether oxygens (including phenoxy) is 1. The molecule has 5 nitrogen and oxygen atoms in total. The van der Waals surface area contributed by atoms with Crippen LogP contribution in [-0.4, -0.2) is 24.0 Å². The molecule has 1 saturated carbocycles. The van der Waals surface area contributed by atoms with E-state index in [4.69, 9.17) is 4.74 Å². The first-order valence-corrected chi connectivity index (χ1v) is 9.01. The summed E-state index contributed by atoms with van der Waals surface area (Å²) in [5.74, 6) is 0.664. The topological polar surface area (TPSA) is 67.4 Å². The molecule has 5 heteroatoms. The zero-order valence-electron chi connectivity index (χ0n) is 15.7. The number of hydrogen-bond donors (Lipinski definition) is 2. The van der Waals surface area contributed by atoms with Gasteiger partial charge in [0.25, 0.3) is 0 Å². The minimum absolute atomic E-state index is 0.0551. The summed E-state index contributed by atoms with van der Waals surface area (Å²) in [6.07, 6.45) is 1.27. The Morgan fingerprint density at radius 3 is 2.52 bits per heavy atom. The van der Waals surface area contributed by atoms with Crippen LogP contribution in [0.25, 0.3) is 0 Å². The third-order valence-corrected chi connectivity index (χ3v) is 4.25. The van der Waals surface area contributed by atoms with E-state index in [9.17, 15) is 9.59 Å². The van der Waals surface area contributed by atoms with E-state index < -0.39 is 0 Å². The molecular weight excluding hydrogens is 316 g/mol. The molecule has 1 aromatic rings. The fraction of sp³-hybridized carbons (Fsp3) is 0.600. The monoisotopic (exact) mass is 346 g/mol. The van der Waals surface area contributed by atoms with Crippen molar-refractivity contribution in [1.82, 2.24) is 10.6 Å². The van der Waals surface area contributed by atoms with Gasteiger partial charge in [-0.05, 0) is 44.2 Å². The Morgan fingerprint density at radius 1 is 1.20 bits per heavy atom. The summed E-state index contributed by atoms with van der Waals surface area (Å²) >= 11 is 0. The Hall–Kier alpha value is -1.88. The molecule has 2 atom stereocenters. The van der Waals surface area contributed by atoms with E-state index in [0.29, 0.717) is 32.0 Å². The van der Waals surface area contributed by atoms with E-state index in [-0.39, 0.29) is 23.3 Å². The average Bonchev–Trinajstić information content (AvgIpc) is 3.28. The molecule has 0 spiro atoms. The molecule has 0 aromatic heterocycles. The molecule has 2 N–H and O–H groups in total. The number of rotatable bonds is 8. The van der Waals surface area contributed by atoms with Crippen LogP contribution in [0.1, 0.15) is 51.7 Å². The molecule has 0 heterocycles. The minimum atomic E-state index is -0.174. The van der Waals surface area contributed by atoms with Crippen molar-refractivity contribution < 1.29 is 14.3 Å². The Labute approximate surface area is 150 Å². The third-order valence-electron chi connectivity index (χ3n) is 4.25. The predicted octanol–water partition coefficient (Wildman–Crippen LogP) is 2.78. The lowest BCUT2D eigenvalue weighted by molar-refractivity contribution is -0.123. The SMILES string of the molecule is C[C@@H]1C[C@@H]1C(=O)NCCC(=O)NCc1cccc(COC(C)(C)C)c1. The van der Waals surface area contributed by atoms with Gasteiger partial charge in [-0.15, -0.1) is 0 Å². The van der Waals surface area contributed by atoms with Crippen molar-refractivity contribution in [1.29, 1.82) is 0 Å². The quantitative estimate of drug-likeness (QED) is 0.760. The predicted molar refractivity (Wildman–Crippen MR) is 97.7 cm³/mol.